The maximum absolute atomic E-state index is 12.3. The van der Waals surface area contributed by atoms with E-state index in [1.165, 1.54) is 11.8 Å². The van der Waals surface area contributed by atoms with Crippen molar-refractivity contribution in [3.8, 4) is 17.1 Å². The van der Waals surface area contributed by atoms with Gasteiger partial charge in [0.2, 0.25) is 5.91 Å². The van der Waals surface area contributed by atoms with Crippen LogP contribution in [0.4, 0.5) is 5.69 Å². The van der Waals surface area contributed by atoms with Crippen molar-refractivity contribution >= 4 is 35.0 Å². The molecule has 1 heterocycles. The third kappa shape index (κ3) is 4.85. The van der Waals surface area contributed by atoms with E-state index < -0.39 is 0 Å². The van der Waals surface area contributed by atoms with Crippen LogP contribution in [0, 0.1) is 0 Å². The minimum Gasteiger partial charge on any atom is -0.493 e. The van der Waals surface area contributed by atoms with Crippen LogP contribution in [0.2, 0.25) is 5.02 Å². The van der Waals surface area contributed by atoms with Gasteiger partial charge in [0.1, 0.15) is 5.75 Å². The van der Waals surface area contributed by atoms with E-state index in [0.717, 1.165) is 17.1 Å². The Morgan fingerprint density at radius 1 is 1.18 bits per heavy atom. The number of rotatable bonds is 8. The molecule has 0 aliphatic heterocycles. The van der Waals surface area contributed by atoms with Gasteiger partial charge in [-0.2, -0.15) is 0 Å². The van der Waals surface area contributed by atoms with E-state index in [-0.39, 0.29) is 11.7 Å². The summed E-state index contributed by atoms with van der Waals surface area (Å²) in [7, 11) is 0. The SMILES string of the molecule is CCOc1ccccc1-c1nnc(SCC(=O)Nc2cccc(Cl)c2)n1CC. The van der Waals surface area contributed by atoms with Gasteiger partial charge in [0.05, 0.1) is 17.9 Å². The monoisotopic (exact) mass is 416 g/mol. The number of hydrogen-bond acceptors (Lipinski definition) is 5. The smallest absolute Gasteiger partial charge is 0.234 e. The number of hydrogen-bond donors (Lipinski definition) is 1. The molecule has 3 aromatic rings. The summed E-state index contributed by atoms with van der Waals surface area (Å²) in [5, 5.41) is 12.7. The van der Waals surface area contributed by atoms with E-state index in [0.29, 0.717) is 29.0 Å². The number of thioether (sulfide) groups is 1. The molecule has 0 saturated carbocycles. The lowest BCUT2D eigenvalue weighted by molar-refractivity contribution is -0.113. The Morgan fingerprint density at radius 2 is 2.00 bits per heavy atom. The maximum Gasteiger partial charge on any atom is 0.234 e. The van der Waals surface area contributed by atoms with E-state index in [1.807, 2.05) is 42.7 Å². The van der Waals surface area contributed by atoms with Gasteiger partial charge in [-0.1, -0.05) is 41.6 Å². The van der Waals surface area contributed by atoms with Gasteiger partial charge in [0.15, 0.2) is 11.0 Å². The van der Waals surface area contributed by atoms with Crippen LogP contribution in [0.5, 0.6) is 5.75 Å². The molecule has 6 nitrogen and oxygen atoms in total. The third-order valence-electron chi connectivity index (χ3n) is 3.90. The fourth-order valence-electron chi connectivity index (χ4n) is 2.71. The van der Waals surface area contributed by atoms with Crippen LogP contribution in [-0.2, 0) is 11.3 Å². The molecule has 0 unspecified atom stereocenters. The standard InChI is InChI=1S/C20H21ClN4O2S/c1-3-25-19(16-10-5-6-11-17(16)27-4-2)23-24-20(25)28-13-18(26)22-15-9-7-8-14(21)12-15/h5-12H,3-4,13H2,1-2H3,(H,22,26). The van der Waals surface area contributed by atoms with Crippen molar-refractivity contribution in [3.63, 3.8) is 0 Å². The number of ether oxygens (including phenoxy) is 1. The largest absolute Gasteiger partial charge is 0.493 e. The highest BCUT2D eigenvalue weighted by atomic mass is 35.5. The van der Waals surface area contributed by atoms with Gasteiger partial charge in [-0.3, -0.25) is 4.79 Å². The summed E-state index contributed by atoms with van der Waals surface area (Å²) in [5.74, 6) is 1.58. The number of nitrogens with one attached hydrogen (secondary N) is 1. The zero-order valence-electron chi connectivity index (χ0n) is 15.7. The Labute approximate surface area is 173 Å². The number of carbonyl (C=O) groups excluding carboxylic acids is 1. The van der Waals surface area contributed by atoms with Crippen LogP contribution in [0.1, 0.15) is 13.8 Å². The highest BCUT2D eigenvalue weighted by molar-refractivity contribution is 7.99. The fourth-order valence-corrected chi connectivity index (χ4v) is 3.70. The molecule has 0 aliphatic carbocycles. The van der Waals surface area contributed by atoms with E-state index in [4.69, 9.17) is 16.3 Å². The Kier molecular flexibility index (Phi) is 6.95. The van der Waals surface area contributed by atoms with Gasteiger partial charge in [0.25, 0.3) is 0 Å². The van der Waals surface area contributed by atoms with Crippen molar-refractivity contribution < 1.29 is 9.53 Å². The highest BCUT2D eigenvalue weighted by Crippen LogP contribution is 2.31. The van der Waals surface area contributed by atoms with Gasteiger partial charge in [-0.05, 0) is 44.2 Å². The van der Waals surface area contributed by atoms with E-state index in [9.17, 15) is 4.79 Å². The average Bonchev–Trinajstić information content (AvgIpc) is 3.10. The van der Waals surface area contributed by atoms with E-state index >= 15 is 0 Å². The summed E-state index contributed by atoms with van der Waals surface area (Å²) in [5.41, 5.74) is 1.55. The van der Waals surface area contributed by atoms with Crippen molar-refractivity contribution in [2.24, 2.45) is 0 Å². The van der Waals surface area contributed by atoms with Crippen LogP contribution >= 0.6 is 23.4 Å². The molecule has 1 N–H and O–H groups in total. The summed E-state index contributed by atoms with van der Waals surface area (Å²) in [4.78, 5) is 12.3. The molecule has 0 atom stereocenters. The minimum absolute atomic E-state index is 0.130. The molecular weight excluding hydrogens is 396 g/mol. The Morgan fingerprint density at radius 3 is 2.75 bits per heavy atom. The van der Waals surface area contributed by atoms with Crippen LogP contribution in [0.15, 0.2) is 53.7 Å². The first kappa shape index (κ1) is 20.2. The summed E-state index contributed by atoms with van der Waals surface area (Å²) in [6.45, 7) is 5.22. The second-order valence-corrected chi connectivity index (χ2v) is 7.21. The first-order chi connectivity index (χ1) is 13.6. The van der Waals surface area contributed by atoms with Crippen molar-refractivity contribution in [1.29, 1.82) is 0 Å². The first-order valence-electron chi connectivity index (χ1n) is 8.96. The lowest BCUT2D eigenvalue weighted by Gasteiger charge is -2.11. The molecule has 0 fully saturated rings. The molecule has 0 saturated heterocycles. The fraction of sp³-hybridized carbons (Fsp3) is 0.250. The van der Waals surface area contributed by atoms with Crippen LogP contribution in [0.25, 0.3) is 11.4 Å². The van der Waals surface area contributed by atoms with Crippen molar-refractivity contribution in [1.82, 2.24) is 14.8 Å². The summed E-state index contributed by atoms with van der Waals surface area (Å²) >= 11 is 7.29. The third-order valence-corrected chi connectivity index (χ3v) is 5.10. The van der Waals surface area contributed by atoms with Crippen molar-refractivity contribution in [2.75, 3.05) is 17.7 Å². The second-order valence-electron chi connectivity index (χ2n) is 5.83. The maximum atomic E-state index is 12.3. The molecule has 8 heteroatoms. The van der Waals surface area contributed by atoms with Crippen LogP contribution in [-0.4, -0.2) is 33.0 Å². The zero-order chi connectivity index (χ0) is 19.9. The van der Waals surface area contributed by atoms with Gasteiger partial charge in [-0.15, -0.1) is 10.2 Å². The van der Waals surface area contributed by atoms with Gasteiger partial charge < -0.3 is 14.6 Å². The minimum atomic E-state index is -0.130. The quantitative estimate of drug-likeness (QED) is 0.537. The number of anilines is 1. The predicted molar refractivity (Wildman–Crippen MR) is 113 cm³/mol. The molecular formula is C20H21ClN4O2S. The Bertz CT molecular complexity index is 961. The number of aromatic nitrogens is 3. The lowest BCUT2D eigenvalue weighted by atomic mass is 10.2. The molecule has 146 valence electrons. The van der Waals surface area contributed by atoms with Crippen molar-refractivity contribution in [3.05, 3.63) is 53.6 Å². The molecule has 0 radical (unpaired) electrons. The summed E-state index contributed by atoms with van der Waals surface area (Å²) in [6, 6.07) is 14.8. The number of halogens is 1. The molecule has 28 heavy (non-hydrogen) atoms. The molecule has 0 spiro atoms. The highest BCUT2D eigenvalue weighted by Gasteiger charge is 2.17. The lowest BCUT2D eigenvalue weighted by Crippen LogP contribution is -2.14. The normalized spacial score (nSPS) is 10.7. The summed E-state index contributed by atoms with van der Waals surface area (Å²) in [6.07, 6.45) is 0. The average molecular weight is 417 g/mol. The van der Waals surface area contributed by atoms with Gasteiger partial charge in [0, 0.05) is 17.3 Å². The second kappa shape index (κ2) is 9.61. The Hall–Kier alpha value is -2.51. The molecule has 0 aliphatic rings. The van der Waals surface area contributed by atoms with Crippen LogP contribution < -0.4 is 10.1 Å². The molecule has 0 bridgehead atoms. The van der Waals surface area contributed by atoms with Crippen LogP contribution in [0.3, 0.4) is 0 Å². The number of nitrogens with zero attached hydrogens (tertiary/aromatic N) is 3. The van der Waals surface area contributed by atoms with Gasteiger partial charge >= 0.3 is 0 Å². The topological polar surface area (TPSA) is 69.0 Å². The first-order valence-corrected chi connectivity index (χ1v) is 10.3. The molecule has 2 aromatic carbocycles. The van der Waals surface area contributed by atoms with Gasteiger partial charge in [-0.25, -0.2) is 0 Å². The Balaban J connectivity index is 1.73. The molecule has 1 amide bonds. The van der Waals surface area contributed by atoms with Crippen molar-refractivity contribution in [2.45, 2.75) is 25.5 Å². The van der Waals surface area contributed by atoms with E-state index in [2.05, 4.69) is 15.5 Å². The van der Waals surface area contributed by atoms with E-state index in [1.54, 1.807) is 24.3 Å². The molecule has 1 aromatic heterocycles. The number of carbonyl (C=O) groups is 1. The number of amides is 1. The number of para-hydroxylation sites is 1. The zero-order valence-corrected chi connectivity index (χ0v) is 17.3. The number of benzene rings is 2. The summed E-state index contributed by atoms with van der Waals surface area (Å²) < 4.78 is 7.69. The predicted octanol–water partition coefficient (Wildman–Crippen LogP) is 4.75. The molecule has 3 rings (SSSR count).